The van der Waals surface area contributed by atoms with Crippen LogP contribution in [0.3, 0.4) is 0 Å². The van der Waals surface area contributed by atoms with E-state index in [1.54, 1.807) is 4.90 Å². The molecule has 0 aliphatic carbocycles. The molecule has 0 radical (unpaired) electrons. The van der Waals surface area contributed by atoms with Gasteiger partial charge in [-0.3, -0.25) is 19.4 Å². The average molecular weight is 600 g/mol. The molecule has 3 aromatic carbocycles. The number of nitrogens with one attached hydrogen (secondary N) is 1. The van der Waals surface area contributed by atoms with E-state index in [2.05, 4.69) is 46.3 Å². The zero-order valence-electron chi connectivity index (χ0n) is 25.1. The maximum atomic E-state index is 13.8. The summed E-state index contributed by atoms with van der Waals surface area (Å²) in [5.74, 6) is 0.373. The van der Waals surface area contributed by atoms with Gasteiger partial charge in [0.15, 0.2) is 5.11 Å². The van der Waals surface area contributed by atoms with Gasteiger partial charge in [-0.05, 0) is 87.1 Å². The van der Waals surface area contributed by atoms with Crippen LogP contribution in [0.5, 0.6) is 5.75 Å². The molecule has 9 heteroatoms. The topological polar surface area (TPSA) is 68.4 Å². The standard InChI is InChI=1S/C34H41N5O3S/c1-3-24-42-30-16-12-27(13-17-30)35-32(40)25-31-33(41)39(29-14-10-26(2)11-15-29)34(43)38(31)19-7-18-36-20-22-37(23-21-36)28-8-5-4-6-9-28/h4-6,8-17,31H,3,7,18-25H2,1-2H3,(H,35,40)/t31-/m0/s1. The van der Waals surface area contributed by atoms with Gasteiger partial charge in [-0.25, -0.2) is 0 Å². The van der Waals surface area contributed by atoms with E-state index in [-0.39, 0.29) is 18.2 Å². The summed E-state index contributed by atoms with van der Waals surface area (Å²) in [6.07, 6.45) is 1.79. The van der Waals surface area contributed by atoms with Crippen LogP contribution in [0, 0.1) is 6.92 Å². The van der Waals surface area contributed by atoms with E-state index in [1.165, 1.54) is 5.69 Å². The van der Waals surface area contributed by atoms with Crippen molar-refractivity contribution < 1.29 is 14.3 Å². The Morgan fingerprint density at radius 1 is 0.907 bits per heavy atom. The Kier molecular flexibility index (Phi) is 10.3. The summed E-state index contributed by atoms with van der Waals surface area (Å²) in [5, 5.41) is 3.40. The molecule has 2 saturated heterocycles. The molecule has 0 unspecified atom stereocenters. The SMILES string of the molecule is CCCOc1ccc(NC(=O)C[C@H]2C(=O)N(c3ccc(C)cc3)C(=S)N2CCCN2CCN(c3ccccc3)CC2)cc1. The molecule has 2 fully saturated rings. The predicted octanol–water partition coefficient (Wildman–Crippen LogP) is 5.33. The van der Waals surface area contributed by atoms with E-state index < -0.39 is 6.04 Å². The molecule has 0 spiro atoms. The molecule has 2 aliphatic rings. The highest BCUT2D eigenvalue weighted by Gasteiger charge is 2.43. The minimum absolute atomic E-state index is 0.0190. The molecule has 2 heterocycles. The Hall–Kier alpha value is -3.95. The number of para-hydroxylation sites is 1. The Morgan fingerprint density at radius 2 is 1.60 bits per heavy atom. The molecule has 8 nitrogen and oxygen atoms in total. The number of anilines is 3. The van der Waals surface area contributed by atoms with Crippen molar-refractivity contribution >= 4 is 46.2 Å². The number of nitrogens with zero attached hydrogens (tertiary/aromatic N) is 4. The van der Waals surface area contributed by atoms with Crippen molar-refractivity contribution in [2.75, 3.05) is 61.0 Å². The number of rotatable bonds is 12. The fraction of sp³-hybridized carbons (Fsp3) is 0.382. The highest BCUT2D eigenvalue weighted by Crippen LogP contribution is 2.28. The van der Waals surface area contributed by atoms with Crippen molar-refractivity contribution in [3.63, 3.8) is 0 Å². The van der Waals surface area contributed by atoms with Crippen molar-refractivity contribution in [3.8, 4) is 5.75 Å². The zero-order chi connectivity index (χ0) is 30.2. The number of benzene rings is 3. The van der Waals surface area contributed by atoms with E-state index in [0.717, 1.165) is 62.6 Å². The first-order valence-corrected chi connectivity index (χ1v) is 15.6. The van der Waals surface area contributed by atoms with Crippen molar-refractivity contribution in [1.82, 2.24) is 9.80 Å². The first-order valence-electron chi connectivity index (χ1n) is 15.2. The molecule has 0 bridgehead atoms. The Labute approximate surface area is 260 Å². The van der Waals surface area contributed by atoms with Gasteiger partial charge in [-0.1, -0.05) is 42.8 Å². The second kappa shape index (κ2) is 14.5. The van der Waals surface area contributed by atoms with Gasteiger partial charge in [-0.15, -0.1) is 0 Å². The molecule has 1 atom stereocenters. The molecule has 0 saturated carbocycles. The minimum Gasteiger partial charge on any atom is -0.494 e. The quantitative estimate of drug-likeness (QED) is 0.283. The van der Waals surface area contributed by atoms with Gasteiger partial charge in [0, 0.05) is 44.1 Å². The average Bonchev–Trinajstić information content (AvgIpc) is 3.25. The fourth-order valence-electron chi connectivity index (χ4n) is 5.59. The van der Waals surface area contributed by atoms with Gasteiger partial charge in [-0.2, -0.15) is 0 Å². The Bertz CT molecular complexity index is 1380. The number of piperazine rings is 1. The number of carbonyl (C=O) groups excluding carboxylic acids is 2. The third kappa shape index (κ3) is 7.72. The lowest BCUT2D eigenvalue weighted by Crippen LogP contribution is -2.47. The molecular formula is C34H41N5O3S. The van der Waals surface area contributed by atoms with Crippen molar-refractivity contribution in [2.45, 2.75) is 39.2 Å². The zero-order valence-corrected chi connectivity index (χ0v) is 25.9. The van der Waals surface area contributed by atoms with Crippen molar-refractivity contribution in [3.05, 3.63) is 84.4 Å². The number of amides is 2. The van der Waals surface area contributed by atoms with Crippen molar-refractivity contribution in [1.29, 1.82) is 0 Å². The first-order chi connectivity index (χ1) is 20.9. The highest BCUT2D eigenvalue weighted by atomic mass is 32.1. The lowest BCUT2D eigenvalue weighted by atomic mass is 10.1. The van der Waals surface area contributed by atoms with Crippen LogP contribution in [0.4, 0.5) is 17.1 Å². The number of ether oxygens (including phenoxy) is 1. The lowest BCUT2D eigenvalue weighted by Gasteiger charge is -2.36. The maximum Gasteiger partial charge on any atom is 0.256 e. The molecule has 43 heavy (non-hydrogen) atoms. The van der Waals surface area contributed by atoms with Crippen LogP contribution in [0.1, 0.15) is 31.7 Å². The second-order valence-corrected chi connectivity index (χ2v) is 11.5. The van der Waals surface area contributed by atoms with Crippen LogP contribution in [0.15, 0.2) is 78.9 Å². The Balaban J connectivity index is 1.21. The third-order valence-corrected chi connectivity index (χ3v) is 8.38. The van der Waals surface area contributed by atoms with Gasteiger partial charge in [0.05, 0.1) is 18.7 Å². The number of aryl methyl sites for hydroxylation is 1. The van der Waals surface area contributed by atoms with Gasteiger partial charge in [0.25, 0.3) is 5.91 Å². The third-order valence-electron chi connectivity index (χ3n) is 7.97. The first kappa shape index (κ1) is 30.5. The molecular weight excluding hydrogens is 558 g/mol. The number of hydrogen-bond acceptors (Lipinski definition) is 6. The maximum absolute atomic E-state index is 13.8. The van der Waals surface area contributed by atoms with Gasteiger partial charge in [0.2, 0.25) is 5.91 Å². The Morgan fingerprint density at radius 3 is 2.28 bits per heavy atom. The van der Waals surface area contributed by atoms with E-state index in [1.807, 2.05) is 66.4 Å². The summed E-state index contributed by atoms with van der Waals surface area (Å²) in [6.45, 7) is 10.2. The van der Waals surface area contributed by atoms with Crippen LogP contribution >= 0.6 is 12.2 Å². The summed E-state index contributed by atoms with van der Waals surface area (Å²) in [7, 11) is 0. The second-order valence-electron chi connectivity index (χ2n) is 11.1. The molecule has 2 amide bonds. The normalized spacial score (nSPS) is 17.4. The van der Waals surface area contributed by atoms with Gasteiger partial charge >= 0.3 is 0 Å². The molecule has 226 valence electrons. The van der Waals surface area contributed by atoms with Gasteiger partial charge in [0.1, 0.15) is 11.8 Å². The summed E-state index contributed by atoms with van der Waals surface area (Å²) >= 11 is 5.87. The summed E-state index contributed by atoms with van der Waals surface area (Å²) in [6, 6.07) is 25.0. The van der Waals surface area contributed by atoms with Crippen LogP contribution in [-0.4, -0.2) is 78.6 Å². The van der Waals surface area contributed by atoms with Crippen LogP contribution in [-0.2, 0) is 9.59 Å². The van der Waals surface area contributed by atoms with E-state index in [0.29, 0.717) is 24.0 Å². The fourth-order valence-corrected chi connectivity index (χ4v) is 6.01. The van der Waals surface area contributed by atoms with Crippen molar-refractivity contribution in [2.24, 2.45) is 0 Å². The summed E-state index contributed by atoms with van der Waals surface area (Å²) in [5.41, 5.74) is 3.76. The molecule has 5 rings (SSSR count). The monoisotopic (exact) mass is 599 g/mol. The molecule has 3 aromatic rings. The smallest absolute Gasteiger partial charge is 0.256 e. The largest absolute Gasteiger partial charge is 0.494 e. The lowest BCUT2D eigenvalue weighted by molar-refractivity contribution is -0.124. The number of hydrogen-bond donors (Lipinski definition) is 1. The molecule has 0 aromatic heterocycles. The van der Waals surface area contributed by atoms with Crippen LogP contribution in [0.2, 0.25) is 0 Å². The summed E-state index contributed by atoms with van der Waals surface area (Å²) < 4.78 is 5.64. The predicted molar refractivity (Wildman–Crippen MR) is 177 cm³/mol. The number of thiocarbonyl (C=S) groups is 1. The minimum atomic E-state index is -0.657. The molecule has 2 aliphatic heterocycles. The molecule has 1 N–H and O–H groups in total. The van der Waals surface area contributed by atoms with E-state index in [9.17, 15) is 9.59 Å². The van der Waals surface area contributed by atoms with Crippen LogP contribution < -0.4 is 19.9 Å². The van der Waals surface area contributed by atoms with Gasteiger partial charge < -0.3 is 19.9 Å². The highest BCUT2D eigenvalue weighted by molar-refractivity contribution is 7.80. The van der Waals surface area contributed by atoms with Crippen LogP contribution in [0.25, 0.3) is 0 Å². The van der Waals surface area contributed by atoms with E-state index >= 15 is 0 Å². The number of carbonyl (C=O) groups is 2. The summed E-state index contributed by atoms with van der Waals surface area (Å²) in [4.78, 5) is 35.4. The van der Waals surface area contributed by atoms with E-state index in [4.69, 9.17) is 17.0 Å².